The Labute approximate surface area is 178 Å². The zero-order valence-electron chi connectivity index (χ0n) is 16.8. The summed E-state index contributed by atoms with van der Waals surface area (Å²) in [4.78, 5) is 23.2. The van der Waals surface area contributed by atoms with Crippen molar-refractivity contribution in [3.8, 4) is 11.5 Å². The van der Waals surface area contributed by atoms with E-state index in [1.54, 1.807) is 43.5 Å². The number of furan rings is 1. The summed E-state index contributed by atoms with van der Waals surface area (Å²) >= 11 is 0. The zero-order chi connectivity index (χ0) is 21.8. The van der Waals surface area contributed by atoms with Gasteiger partial charge in [0, 0.05) is 22.9 Å². The average molecular weight is 416 g/mol. The summed E-state index contributed by atoms with van der Waals surface area (Å²) in [5.74, 6) is 0.195. The van der Waals surface area contributed by atoms with Gasteiger partial charge in [-0.25, -0.2) is 0 Å². The van der Waals surface area contributed by atoms with Crippen LogP contribution in [0.1, 0.15) is 5.56 Å². The summed E-state index contributed by atoms with van der Waals surface area (Å²) in [6, 6.07) is 18.3. The van der Waals surface area contributed by atoms with Crippen molar-refractivity contribution in [1.29, 1.82) is 0 Å². The Morgan fingerprint density at radius 1 is 1.03 bits per heavy atom. The number of amides is 2. The SMILES string of the molecule is COc1cc2c(cc1NC(=O)/C=C/c1ccc(OCC(N)=O)cc1)oc1ccccc12. The molecule has 0 atom stereocenters. The Morgan fingerprint density at radius 3 is 2.55 bits per heavy atom. The van der Waals surface area contributed by atoms with Crippen LogP contribution in [0.15, 0.2) is 71.2 Å². The molecule has 4 aromatic rings. The van der Waals surface area contributed by atoms with Crippen LogP contribution in [0.4, 0.5) is 5.69 Å². The average Bonchev–Trinajstić information content (AvgIpc) is 3.13. The number of ether oxygens (including phenoxy) is 2. The van der Waals surface area contributed by atoms with Gasteiger partial charge in [0.1, 0.15) is 22.7 Å². The van der Waals surface area contributed by atoms with Crippen LogP contribution < -0.4 is 20.5 Å². The monoisotopic (exact) mass is 416 g/mol. The summed E-state index contributed by atoms with van der Waals surface area (Å²) < 4.78 is 16.6. The van der Waals surface area contributed by atoms with E-state index in [1.165, 1.54) is 6.08 Å². The summed E-state index contributed by atoms with van der Waals surface area (Å²) in [6.07, 6.45) is 3.08. The smallest absolute Gasteiger partial charge is 0.255 e. The minimum atomic E-state index is -0.545. The largest absolute Gasteiger partial charge is 0.495 e. The first kappa shape index (κ1) is 20.0. The van der Waals surface area contributed by atoms with Crippen LogP contribution in [0.3, 0.4) is 0 Å². The number of fused-ring (bicyclic) bond motifs is 3. The number of hydrogen-bond donors (Lipinski definition) is 2. The van der Waals surface area contributed by atoms with Crippen LogP contribution in [0.25, 0.3) is 28.0 Å². The van der Waals surface area contributed by atoms with E-state index < -0.39 is 5.91 Å². The standard InChI is InChI=1S/C24H20N2O5/c1-29-22-12-18-17-4-2-3-5-20(17)31-21(18)13-19(22)26-24(28)11-8-15-6-9-16(10-7-15)30-14-23(25)27/h2-13H,14H2,1H3,(H2,25,27)(H,26,28)/b11-8+. The van der Waals surface area contributed by atoms with Crippen molar-refractivity contribution >= 4 is 45.5 Å². The normalized spacial score (nSPS) is 11.1. The molecule has 7 nitrogen and oxygen atoms in total. The van der Waals surface area contributed by atoms with Crippen LogP contribution in [-0.4, -0.2) is 25.5 Å². The molecule has 0 saturated carbocycles. The lowest BCUT2D eigenvalue weighted by Gasteiger charge is -2.09. The lowest BCUT2D eigenvalue weighted by molar-refractivity contribution is -0.120. The van der Waals surface area contributed by atoms with Gasteiger partial charge >= 0.3 is 0 Å². The molecule has 0 aliphatic rings. The topological polar surface area (TPSA) is 104 Å². The molecule has 0 aliphatic heterocycles. The second kappa shape index (κ2) is 8.62. The van der Waals surface area contributed by atoms with E-state index in [9.17, 15) is 9.59 Å². The van der Waals surface area contributed by atoms with Gasteiger partial charge in [-0.2, -0.15) is 0 Å². The van der Waals surface area contributed by atoms with Gasteiger partial charge in [0.25, 0.3) is 5.91 Å². The molecule has 0 saturated heterocycles. The third-order valence-corrected chi connectivity index (χ3v) is 4.65. The van der Waals surface area contributed by atoms with Crippen LogP contribution in [0.2, 0.25) is 0 Å². The second-order valence-corrected chi connectivity index (χ2v) is 6.79. The highest BCUT2D eigenvalue weighted by Crippen LogP contribution is 2.36. The summed E-state index contributed by atoms with van der Waals surface area (Å²) in [5.41, 5.74) is 7.79. The van der Waals surface area contributed by atoms with Crippen LogP contribution in [0.5, 0.6) is 11.5 Å². The highest BCUT2D eigenvalue weighted by molar-refractivity contribution is 6.09. The van der Waals surface area contributed by atoms with E-state index in [4.69, 9.17) is 19.6 Å². The highest BCUT2D eigenvalue weighted by atomic mass is 16.5. The van der Waals surface area contributed by atoms with Crippen molar-refractivity contribution in [2.45, 2.75) is 0 Å². The fourth-order valence-electron chi connectivity index (χ4n) is 3.19. The van der Waals surface area contributed by atoms with E-state index in [-0.39, 0.29) is 12.5 Å². The number of para-hydroxylation sites is 1. The number of benzene rings is 3. The molecule has 2 amide bonds. The number of methoxy groups -OCH3 is 1. The molecule has 0 unspecified atom stereocenters. The lowest BCUT2D eigenvalue weighted by Crippen LogP contribution is -2.19. The summed E-state index contributed by atoms with van der Waals surface area (Å²) in [5, 5.41) is 4.73. The molecule has 3 aromatic carbocycles. The number of primary amides is 1. The Morgan fingerprint density at radius 2 is 1.81 bits per heavy atom. The van der Waals surface area contributed by atoms with Gasteiger partial charge in [0.2, 0.25) is 5.91 Å². The predicted molar refractivity (Wildman–Crippen MR) is 119 cm³/mol. The summed E-state index contributed by atoms with van der Waals surface area (Å²) in [6.45, 7) is -0.186. The number of nitrogens with one attached hydrogen (secondary N) is 1. The Hall–Kier alpha value is -4.26. The van der Waals surface area contributed by atoms with Crippen LogP contribution in [-0.2, 0) is 9.59 Å². The van der Waals surface area contributed by atoms with Crippen LogP contribution >= 0.6 is 0 Å². The number of carbonyl (C=O) groups is 2. The van der Waals surface area contributed by atoms with E-state index in [1.807, 2.05) is 30.3 Å². The van der Waals surface area contributed by atoms with E-state index >= 15 is 0 Å². The molecule has 4 rings (SSSR count). The van der Waals surface area contributed by atoms with Gasteiger partial charge in [-0.1, -0.05) is 30.3 Å². The van der Waals surface area contributed by atoms with Gasteiger partial charge in [-0.05, 0) is 35.9 Å². The first-order chi connectivity index (χ1) is 15.0. The molecule has 0 bridgehead atoms. The third-order valence-electron chi connectivity index (χ3n) is 4.65. The molecule has 0 fully saturated rings. The van der Waals surface area contributed by atoms with E-state index in [0.717, 1.165) is 21.9 Å². The van der Waals surface area contributed by atoms with Crippen molar-refractivity contribution in [1.82, 2.24) is 0 Å². The number of nitrogens with two attached hydrogens (primary N) is 1. The van der Waals surface area contributed by atoms with Crippen molar-refractivity contribution in [2.24, 2.45) is 5.73 Å². The van der Waals surface area contributed by atoms with E-state index in [2.05, 4.69) is 5.32 Å². The first-order valence-electron chi connectivity index (χ1n) is 9.53. The fraction of sp³-hybridized carbons (Fsp3) is 0.0833. The first-order valence-corrected chi connectivity index (χ1v) is 9.53. The van der Waals surface area contributed by atoms with Gasteiger partial charge in [-0.15, -0.1) is 0 Å². The quantitative estimate of drug-likeness (QED) is 0.441. The van der Waals surface area contributed by atoms with Gasteiger partial charge in [0.15, 0.2) is 6.61 Å². The van der Waals surface area contributed by atoms with Gasteiger partial charge < -0.3 is 24.9 Å². The fourth-order valence-corrected chi connectivity index (χ4v) is 3.19. The number of hydrogen-bond acceptors (Lipinski definition) is 5. The minimum Gasteiger partial charge on any atom is -0.495 e. The highest BCUT2D eigenvalue weighted by Gasteiger charge is 2.13. The Bertz CT molecular complexity index is 1290. The molecular weight excluding hydrogens is 396 g/mol. The lowest BCUT2D eigenvalue weighted by atomic mass is 10.1. The van der Waals surface area contributed by atoms with Gasteiger partial charge in [-0.3, -0.25) is 9.59 Å². The van der Waals surface area contributed by atoms with Crippen molar-refractivity contribution < 1.29 is 23.5 Å². The zero-order valence-corrected chi connectivity index (χ0v) is 16.8. The Balaban J connectivity index is 1.50. The van der Waals surface area contributed by atoms with E-state index in [0.29, 0.717) is 22.8 Å². The maximum atomic E-state index is 12.4. The summed E-state index contributed by atoms with van der Waals surface area (Å²) in [7, 11) is 1.55. The maximum Gasteiger partial charge on any atom is 0.255 e. The molecule has 1 heterocycles. The molecule has 7 heteroatoms. The maximum absolute atomic E-state index is 12.4. The molecule has 156 valence electrons. The molecule has 31 heavy (non-hydrogen) atoms. The molecule has 0 radical (unpaired) electrons. The number of rotatable bonds is 7. The molecule has 3 N–H and O–H groups in total. The predicted octanol–water partition coefficient (Wildman–Crippen LogP) is 4.11. The molecule has 0 spiro atoms. The van der Waals surface area contributed by atoms with Crippen molar-refractivity contribution in [2.75, 3.05) is 19.0 Å². The number of anilines is 1. The van der Waals surface area contributed by atoms with Crippen molar-refractivity contribution in [3.63, 3.8) is 0 Å². The molecule has 1 aromatic heterocycles. The molecule has 0 aliphatic carbocycles. The van der Waals surface area contributed by atoms with Crippen molar-refractivity contribution in [3.05, 3.63) is 72.3 Å². The second-order valence-electron chi connectivity index (χ2n) is 6.79. The number of carbonyl (C=O) groups excluding carboxylic acids is 2. The van der Waals surface area contributed by atoms with Crippen LogP contribution in [0, 0.1) is 0 Å². The van der Waals surface area contributed by atoms with Gasteiger partial charge in [0.05, 0.1) is 12.8 Å². The Kier molecular flexibility index (Phi) is 5.57. The third kappa shape index (κ3) is 4.51. The minimum absolute atomic E-state index is 0.186. The molecular formula is C24H20N2O5.